The minimum atomic E-state index is 0.209. The number of halogens is 1. The second-order valence-corrected chi connectivity index (χ2v) is 5.07. The molecule has 3 rings (SSSR count). The summed E-state index contributed by atoms with van der Waals surface area (Å²) in [7, 11) is 2.00. The molecular formula is C11H10IN5. The number of aryl methyl sites for hydroxylation is 1. The van der Waals surface area contributed by atoms with Crippen LogP contribution in [0.5, 0.6) is 0 Å². The first-order valence-corrected chi connectivity index (χ1v) is 6.12. The zero-order valence-electron chi connectivity index (χ0n) is 9.11. The van der Waals surface area contributed by atoms with Gasteiger partial charge in [-0.15, -0.1) is 0 Å². The second kappa shape index (κ2) is 3.46. The van der Waals surface area contributed by atoms with Crippen molar-refractivity contribution in [2.24, 2.45) is 7.05 Å². The number of hydrogen-bond acceptors (Lipinski definition) is 4. The van der Waals surface area contributed by atoms with Gasteiger partial charge in [0.1, 0.15) is 5.82 Å². The van der Waals surface area contributed by atoms with E-state index in [1.54, 1.807) is 0 Å². The highest BCUT2D eigenvalue weighted by Crippen LogP contribution is 2.32. The molecule has 0 radical (unpaired) electrons. The van der Waals surface area contributed by atoms with Crippen LogP contribution in [0.15, 0.2) is 18.3 Å². The Hall–Kier alpha value is -1.57. The Balaban J connectivity index is 2.64. The Kier molecular flexibility index (Phi) is 2.15. The van der Waals surface area contributed by atoms with Gasteiger partial charge in [0.25, 0.3) is 0 Å². The molecule has 0 spiro atoms. The summed E-state index contributed by atoms with van der Waals surface area (Å²) in [5.41, 5.74) is 13.5. The van der Waals surface area contributed by atoms with E-state index in [9.17, 15) is 0 Å². The molecule has 6 heteroatoms. The molecule has 0 saturated carbocycles. The Morgan fingerprint density at radius 2 is 2.06 bits per heavy atom. The smallest absolute Gasteiger partial charge is 0.222 e. The Morgan fingerprint density at radius 1 is 1.29 bits per heavy atom. The third-order valence-corrected chi connectivity index (χ3v) is 3.64. The summed E-state index contributed by atoms with van der Waals surface area (Å²) in [5, 5.41) is 1.93. The molecule has 0 aliphatic heterocycles. The number of nitrogens with zero attached hydrogens (tertiary/aromatic N) is 3. The van der Waals surface area contributed by atoms with Gasteiger partial charge >= 0.3 is 0 Å². The topological polar surface area (TPSA) is 82.8 Å². The van der Waals surface area contributed by atoms with E-state index in [-0.39, 0.29) is 5.95 Å². The lowest BCUT2D eigenvalue weighted by Crippen LogP contribution is -2.01. The van der Waals surface area contributed by atoms with E-state index in [2.05, 4.69) is 37.1 Å². The number of hydrogen-bond donors (Lipinski definition) is 2. The first-order valence-electron chi connectivity index (χ1n) is 5.04. The average Bonchev–Trinajstić information content (AvgIpc) is 2.59. The van der Waals surface area contributed by atoms with Crippen LogP contribution in [0.2, 0.25) is 0 Å². The average molecular weight is 339 g/mol. The maximum atomic E-state index is 5.94. The van der Waals surface area contributed by atoms with Crippen molar-refractivity contribution in [2.45, 2.75) is 0 Å². The predicted molar refractivity (Wildman–Crippen MR) is 77.6 cm³/mol. The zero-order chi connectivity index (χ0) is 12.2. The van der Waals surface area contributed by atoms with E-state index >= 15 is 0 Å². The Bertz CT molecular complexity index is 747. The fourth-order valence-electron chi connectivity index (χ4n) is 2.11. The lowest BCUT2D eigenvalue weighted by Gasteiger charge is -2.06. The number of anilines is 2. The summed E-state index contributed by atoms with van der Waals surface area (Å²) >= 11 is 2.29. The van der Waals surface area contributed by atoms with Crippen molar-refractivity contribution in [3.05, 3.63) is 21.9 Å². The number of fused-ring (bicyclic) bond motifs is 3. The second-order valence-electron chi connectivity index (χ2n) is 3.91. The van der Waals surface area contributed by atoms with Crippen LogP contribution < -0.4 is 11.5 Å². The van der Waals surface area contributed by atoms with Gasteiger partial charge in [-0.2, -0.15) is 4.98 Å². The van der Waals surface area contributed by atoms with E-state index in [0.717, 1.165) is 25.4 Å². The fourth-order valence-corrected chi connectivity index (χ4v) is 3.08. The van der Waals surface area contributed by atoms with Crippen molar-refractivity contribution in [1.29, 1.82) is 0 Å². The summed E-state index contributed by atoms with van der Waals surface area (Å²) in [6, 6.07) is 4.00. The van der Waals surface area contributed by atoms with Gasteiger partial charge in [0.2, 0.25) is 5.95 Å². The van der Waals surface area contributed by atoms with Gasteiger partial charge in [0.15, 0.2) is 0 Å². The van der Waals surface area contributed by atoms with Crippen LogP contribution in [0.4, 0.5) is 11.8 Å². The Morgan fingerprint density at radius 3 is 2.82 bits per heavy atom. The molecule has 0 bridgehead atoms. The quantitative estimate of drug-likeness (QED) is 0.613. The minimum Gasteiger partial charge on any atom is -0.383 e. The van der Waals surface area contributed by atoms with E-state index < -0.39 is 0 Å². The molecule has 5 nitrogen and oxygen atoms in total. The van der Waals surface area contributed by atoms with Crippen LogP contribution >= 0.6 is 22.6 Å². The molecule has 0 aliphatic rings. The molecule has 3 aromatic rings. The van der Waals surface area contributed by atoms with Crippen LogP contribution in [0.1, 0.15) is 0 Å². The van der Waals surface area contributed by atoms with Gasteiger partial charge in [-0.25, -0.2) is 4.98 Å². The standard InChI is InChI=1S/C11H10IN5/c1-17-3-2-5-8-7(4-6(12)9(5)17)15-11(14)16-10(8)13/h2-4H,1H3,(H4,13,14,15,16). The highest BCUT2D eigenvalue weighted by atomic mass is 127. The Labute approximate surface area is 111 Å². The summed E-state index contributed by atoms with van der Waals surface area (Å²) < 4.78 is 3.18. The first kappa shape index (κ1) is 10.6. The van der Waals surface area contributed by atoms with Crippen molar-refractivity contribution in [1.82, 2.24) is 14.5 Å². The molecule has 2 heterocycles. The van der Waals surface area contributed by atoms with E-state index in [0.29, 0.717) is 5.82 Å². The zero-order valence-corrected chi connectivity index (χ0v) is 11.3. The lowest BCUT2D eigenvalue weighted by atomic mass is 10.1. The van der Waals surface area contributed by atoms with Gasteiger partial charge in [-0.3, -0.25) is 0 Å². The molecule has 0 unspecified atom stereocenters. The first-order chi connectivity index (χ1) is 8.08. The van der Waals surface area contributed by atoms with Gasteiger partial charge < -0.3 is 16.0 Å². The molecule has 86 valence electrons. The van der Waals surface area contributed by atoms with Crippen molar-refractivity contribution < 1.29 is 0 Å². The van der Waals surface area contributed by atoms with Crippen molar-refractivity contribution >= 4 is 56.2 Å². The lowest BCUT2D eigenvalue weighted by molar-refractivity contribution is 0.967. The van der Waals surface area contributed by atoms with Gasteiger partial charge in [-0.1, -0.05) is 0 Å². The maximum Gasteiger partial charge on any atom is 0.222 e. The highest BCUT2D eigenvalue weighted by molar-refractivity contribution is 14.1. The van der Waals surface area contributed by atoms with Gasteiger partial charge in [-0.05, 0) is 34.7 Å². The van der Waals surface area contributed by atoms with Crippen molar-refractivity contribution in [3.8, 4) is 0 Å². The van der Waals surface area contributed by atoms with Crippen LogP contribution in [0.3, 0.4) is 0 Å². The third kappa shape index (κ3) is 1.43. The molecule has 0 atom stereocenters. The monoisotopic (exact) mass is 339 g/mol. The largest absolute Gasteiger partial charge is 0.383 e. The predicted octanol–water partition coefficient (Wildman–Crippen LogP) is 1.89. The third-order valence-electron chi connectivity index (χ3n) is 2.81. The van der Waals surface area contributed by atoms with E-state index in [1.165, 1.54) is 0 Å². The molecule has 1 aromatic carbocycles. The summed E-state index contributed by atoms with van der Waals surface area (Å²) in [6.07, 6.45) is 2.00. The summed E-state index contributed by atoms with van der Waals surface area (Å²) in [5.74, 6) is 0.640. The van der Waals surface area contributed by atoms with Crippen LogP contribution in [0.25, 0.3) is 21.8 Å². The summed E-state index contributed by atoms with van der Waals surface area (Å²) in [4.78, 5) is 8.25. The molecule has 4 N–H and O–H groups in total. The SMILES string of the molecule is Cn1ccc2c3c(N)nc(N)nc3cc(I)c21. The minimum absolute atomic E-state index is 0.209. The van der Waals surface area contributed by atoms with Crippen LogP contribution in [-0.2, 0) is 7.05 Å². The summed E-state index contributed by atoms with van der Waals surface area (Å²) in [6.45, 7) is 0. The molecule has 0 fully saturated rings. The van der Waals surface area contributed by atoms with Crippen molar-refractivity contribution in [2.75, 3.05) is 11.5 Å². The molecule has 0 saturated heterocycles. The molecule has 0 amide bonds. The number of nitrogens with two attached hydrogens (primary N) is 2. The van der Waals surface area contributed by atoms with Crippen LogP contribution in [-0.4, -0.2) is 14.5 Å². The number of nitrogen functional groups attached to an aromatic ring is 2. The van der Waals surface area contributed by atoms with Gasteiger partial charge in [0, 0.05) is 22.2 Å². The number of benzene rings is 1. The fraction of sp³-hybridized carbons (Fsp3) is 0.0909. The van der Waals surface area contributed by atoms with E-state index in [4.69, 9.17) is 11.5 Å². The maximum absolute atomic E-state index is 5.94. The number of rotatable bonds is 0. The molecule has 0 aliphatic carbocycles. The van der Waals surface area contributed by atoms with Gasteiger partial charge in [0.05, 0.1) is 16.4 Å². The van der Waals surface area contributed by atoms with Crippen LogP contribution in [0, 0.1) is 3.57 Å². The highest BCUT2D eigenvalue weighted by Gasteiger charge is 2.12. The normalized spacial score (nSPS) is 11.4. The molecular weight excluding hydrogens is 329 g/mol. The molecule has 2 aromatic heterocycles. The van der Waals surface area contributed by atoms with Crippen molar-refractivity contribution in [3.63, 3.8) is 0 Å². The number of aromatic nitrogens is 3. The molecule has 17 heavy (non-hydrogen) atoms. The van der Waals surface area contributed by atoms with E-state index in [1.807, 2.05) is 25.4 Å².